The monoisotopic (exact) mass is 447 g/mol. The Labute approximate surface area is 179 Å². The van der Waals surface area contributed by atoms with Crippen molar-refractivity contribution in [2.24, 2.45) is 0 Å². The normalized spacial score (nSPS) is 11.1. The van der Waals surface area contributed by atoms with Crippen molar-refractivity contribution in [3.8, 4) is 0 Å². The number of carbonyl (C=O) groups is 2. The third kappa shape index (κ3) is 6.22. The molecule has 0 saturated carbocycles. The van der Waals surface area contributed by atoms with Crippen molar-refractivity contribution in [1.29, 1.82) is 0 Å². The van der Waals surface area contributed by atoms with Gasteiger partial charge in [-0.1, -0.05) is 12.1 Å². The lowest BCUT2D eigenvalue weighted by Crippen LogP contribution is -2.28. The second-order valence-corrected chi connectivity index (χ2v) is 7.31. The zero-order valence-electron chi connectivity index (χ0n) is 15.8. The summed E-state index contributed by atoms with van der Waals surface area (Å²) in [4.78, 5) is 24.6. The van der Waals surface area contributed by atoms with Gasteiger partial charge in [-0.05, 0) is 54.2 Å². The number of halogens is 3. The van der Waals surface area contributed by atoms with E-state index in [0.29, 0.717) is 15.4 Å². The van der Waals surface area contributed by atoms with E-state index in [2.05, 4.69) is 10.6 Å². The molecule has 1 aromatic heterocycles. The Morgan fingerprint density at radius 3 is 2.35 bits per heavy atom. The SMILES string of the molecule is O=C(CSc1cccc[n+]1[O-])Nc1cccc(C(=O)Nc2cccc(C(F)(F)F)c2)c1. The fourth-order valence-corrected chi connectivity index (χ4v) is 3.29. The summed E-state index contributed by atoms with van der Waals surface area (Å²) in [7, 11) is 0. The molecular formula is C21H16F3N3O3S. The number of anilines is 2. The van der Waals surface area contributed by atoms with Crippen LogP contribution < -0.4 is 15.4 Å². The number of aromatic nitrogens is 1. The van der Waals surface area contributed by atoms with Crippen molar-refractivity contribution >= 4 is 35.0 Å². The molecule has 0 spiro atoms. The smallest absolute Gasteiger partial charge is 0.416 e. The Hall–Kier alpha value is -3.53. The van der Waals surface area contributed by atoms with Crippen LogP contribution in [0.5, 0.6) is 0 Å². The molecule has 3 aromatic rings. The topological polar surface area (TPSA) is 85.1 Å². The Morgan fingerprint density at radius 2 is 1.65 bits per heavy atom. The van der Waals surface area contributed by atoms with Crippen LogP contribution >= 0.6 is 11.8 Å². The number of benzene rings is 2. The van der Waals surface area contributed by atoms with Crippen LogP contribution in [0, 0.1) is 5.21 Å². The maximum atomic E-state index is 12.8. The van der Waals surface area contributed by atoms with Crippen molar-refractivity contribution < 1.29 is 27.5 Å². The molecule has 0 bridgehead atoms. The van der Waals surface area contributed by atoms with Crippen molar-refractivity contribution in [2.45, 2.75) is 11.2 Å². The van der Waals surface area contributed by atoms with Crippen LogP contribution in [0.25, 0.3) is 0 Å². The lowest BCUT2D eigenvalue weighted by atomic mass is 10.1. The maximum Gasteiger partial charge on any atom is 0.416 e. The van der Waals surface area contributed by atoms with Crippen LogP contribution in [-0.2, 0) is 11.0 Å². The molecule has 31 heavy (non-hydrogen) atoms. The quantitative estimate of drug-likeness (QED) is 0.335. The molecule has 2 amide bonds. The fraction of sp³-hybridized carbons (Fsp3) is 0.0952. The number of nitrogens with zero attached hydrogens (tertiary/aromatic N) is 1. The van der Waals surface area contributed by atoms with Gasteiger partial charge in [0.2, 0.25) is 5.91 Å². The molecule has 6 nitrogen and oxygen atoms in total. The van der Waals surface area contributed by atoms with E-state index in [4.69, 9.17) is 0 Å². The third-order valence-electron chi connectivity index (χ3n) is 4.00. The summed E-state index contributed by atoms with van der Waals surface area (Å²) in [6.07, 6.45) is -3.19. The predicted molar refractivity (Wildman–Crippen MR) is 111 cm³/mol. The summed E-state index contributed by atoms with van der Waals surface area (Å²) in [6.45, 7) is 0. The lowest BCUT2D eigenvalue weighted by Gasteiger charge is -2.11. The molecule has 2 N–H and O–H groups in total. The fourth-order valence-electron chi connectivity index (χ4n) is 2.58. The summed E-state index contributed by atoms with van der Waals surface area (Å²) in [6, 6.07) is 15.1. The first kappa shape index (κ1) is 22.2. The average molecular weight is 447 g/mol. The average Bonchev–Trinajstić information content (AvgIpc) is 2.73. The first-order chi connectivity index (χ1) is 14.7. The largest absolute Gasteiger partial charge is 0.618 e. The predicted octanol–water partition coefficient (Wildman–Crippen LogP) is 4.32. The minimum absolute atomic E-state index is 0.000517. The minimum Gasteiger partial charge on any atom is -0.618 e. The summed E-state index contributed by atoms with van der Waals surface area (Å²) in [5.41, 5.74) is -0.380. The van der Waals surface area contributed by atoms with E-state index in [9.17, 15) is 28.0 Å². The van der Waals surface area contributed by atoms with E-state index in [1.807, 2.05) is 0 Å². The van der Waals surface area contributed by atoms with E-state index < -0.39 is 17.6 Å². The number of rotatable bonds is 6. The number of carbonyl (C=O) groups excluding carboxylic acids is 2. The minimum atomic E-state index is -4.52. The highest BCUT2D eigenvalue weighted by Crippen LogP contribution is 2.30. The van der Waals surface area contributed by atoms with Gasteiger partial charge < -0.3 is 15.8 Å². The van der Waals surface area contributed by atoms with Gasteiger partial charge in [0.05, 0.1) is 11.3 Å². The van der Waals surface area contributed by atoms with Gasteiger partial charge in [0.25, 0.3) is 10.9 Å². The molecular weight excluding hydrogens is 431 g/mol. The van der Waals surface area contributed by atoms with Crippen LogP contribution in [0.2, 0.25) is 0 Å². The molecule has 0 radical (unpaired) electrons. The standard InChI is InChI=1S/C21H16F3N3O3S/c22-21(23,24)15-6-4-8-17(12-15)26-20(29)14-5-3-7-16(11-14)25-18(28)13-31-19-9-1-2-10-27(19)30/h1-12H,13H2,(H,25,28)(H,26,29). The molecule has 1 heterocycles. The molecule has 0 unspecified atom stereocenters. The van der Waals surface area contributed by atoms with E-state index in [1.165, 1.54) is 36.5 Å². The van der Waals surface area contributed by atoms with Gasteiger partial charge in [0.15, 0.2) is 6.20 Å². The number of thioether (sulfide) groups is 1. The first-order valence-corrected chi connectivity index (χ1v) is 9.90. The molecule has 0 fully saturated rings. The van der Waals surface area contributed by atoms with Gasteiger partial charge >= 0.3 is 6.18 Å². The second-order valence-electron chi connectivity index (χ2n) is 6.32. The number of nitrogens with one attached hydrogen (secondary N) is 2. The molecule has 160 valence electrons. The van der Waals surface area contributed by atoms with E-state index >= 15 is 0 Å². The number of hydrogen-bond donors (Lipinski definition) is 2. The van der Waals surface area contributed by atoms with Gasteiger partial charge in [0.1, 0.15) is 0 Å². The zero-order valence-corrected chi connectivity index (χ0v) is 16.7. The van der Waals surface area contributed by atoms with E-state index in [1.54, 1.807) is 24.3 Å². The van der Waals surface area contributed by atoms with Crippen LogP contribution in [-0.4, -0.2) is 17.6 Å². The molecule has 0 aliphatic carbocycles. The molecule has 0 saturated heterocycles. The summed E-state index contributed by atoms with van der Waals surface area (Å²) < 4.78 is 39.1. The Morgan fingerprint density at radius 1 is 0.935 bits per heavy atom. The Kier molecular flexibility index (Phi) is 6.81. The maximum absolute atomic E-state index is 12.8. The highest BCUT2D eigenvalue weighted by Gasteiger charge is 2.30. The van der Waals surface area contributed by atoms with Gasteiger partial charge in [-0.15, -0.1) is 0 Å². The number of hydrogen-bond acceptors (Lipinski definition) is 4. The number of alkyl halides is 3. The Balaban J connectivity index is 1.62. The van der Waals surface area contributed by atoms with Crippen LogP contribution in [0.4, 0.5) is 24.5 Å². The summed E-state index contributed by atoms with van der Waals surface area (Å²) in [5, 5.41) is 17.0. The van der Waals surface area contributed by atoms with Crippen LogP contribution in [0.3, 0.4) is 0 Å². The highest BCUT2D eigenvalue weighted by molar-refractivity contribution is 7.99. The molecule has 2 aromatic carbocycles. The van der Waals surface area contributed by atoms with Gasteiger partial charge in [0, 0.05) is 29.1 Å². The molecule has 3 rings (SSSR count). The number of amides is 2. The van der Waals surface area contributed by atoms with Crippen molar-refractivity contribution in [2.75, 3.05) is 16.4 Å². The molecule has 10 heteroatoms. The number of pyridine rings is 1. The van der Waals surface area contributed by atoms with Crippen LogP contribution in [0.1, 0.15) is 15.9 Å². The highest BCUT2D eigenvalue weighted by atomic mass is 32.2. The van der Waals surface area contributed by atoms with Gasteiger partial charge in [-0.2, -0.15) is 17.9 Å². The third-order valence-corrected chi connectivity index (χ3v) is 5.01. The molecule has 0 atom stereocenters. The van der Waals surface area contributed by atoms with E-state index in [-0.39, 0.29) is 22.9 Å². The lowest BCUT2D eigenvalue weighted by molar-refractivity contribution is -0.645. The summed E-state index contributed by atoms with van der Waals surface area (Å²) in [5.74, 6) is -1.03. The first-order valence-electron chi connectivity index (χ1n) is 8.92. The van der Waals surface area contributed by atoms with Crippen molar-refractivity contribution in [3.05, 3.63) is 89.3 Å². The van der Waals surface area contributed by atoms with Crippen molar-refractivity contribution in [1.82, 2.24) is 0 Å². The second kappa shape index (κ2) is 9.52. The van der Waals surface area contributed by atoms with E-state index in [0.717, 1.165) is 23.9 Å². The zero-order chi connectivity index (χ0) is 22.4. The summed E-state index contributed by atoms with van der Waals surface area (Å²) >= 11 is 1.06. The van der Waals surface area contributed by atoms with Gasteiger partial charge in [-0.3, -0.25) is 9.59 Å². The molecule has 0 aliphatic rings. The van der Waals surface area contributed by atoms with Gasteiger partial charge in [-0.25, -0.2) is 0 Å². The Bertz CT molecular complexity index is 1110. The molecule has 0 aliphatic heterocycles. The van der Waals surface area contributed by atoms with Crippen LogP contribution in [0.15, 0.2) is 78.0 Å². The van der Waals surface area contributed by atoms with Crippen molar-refractivity contribution in [3.63, 3.8) is 0 Å².